The molecule has 0 heterocycles. The summed E-state index contributed by atoms with van der Waals surface area (Å²) in [6, 6.07) is 29.8. The van der Waals surface area contributed by atoms with Gasteiger partial charge in [0.05, 0.1) is 0 Å². The Morgan fingerprint density at radius 3 is 1.70 bits per heavy atom. The lowest BCUT2D eigenvalue weighted by Gasteiger charge is -2.31. The first-order valence-corrected chi connectivity index (χ1v) is 11.9. The molecular weight excluding hydrogens is 398 g/mol. The summed E-state index contributed by atoms with van der Waals surface area (Å²) in [7, 11) is 0. The third-order valence-electron chi connectivity index (χ3n) is 7.01. The van der Waals surface area contributed by atoms with Gasteiger partial charge in [-0.25, -0.2) is 0 Å². The van der Waals surface area contributed by atoms with Crippen LogP contribution >= 0.6 is 0 Å². The summed E-state index contributed by atoms with van der Waals surface area (Å²) < 4.78 is 0. The van der Waals surface area contributed by atoms with Gasteiger partial charge in [-0.15, -0.1) is 0 Å². The van der Waals surface area contributed by atoms with Crippen LogP contribution in [0.4, 0.5) is 17.1 Å². The van der Waals surface area contributed by atoms with Gasteiger partial charge < -0.3 is 4.90 Å². The third-order valence-corrected chi connectivity index (χ3v) is 7.01. The largest absolute Gasteiger partial charge is 0.310 e. The van der Waals surface area contributed by atoms with Crippen molar-refractivity contribution in [3.63, 3.8) is 0 Å². The van der Waals surface area contributed by atoms with Gasteiger partial charge in [-0.2, -0.15) is 0 Å². The number of benzene rings is 5. The maximum Gasteiger partial charge on any atom is 0.0500 e. The van der Waals surface area contributed by atoms with Crippen molar-refractivity contribution in [3.05, 3.63) is 112 Å². The highest BCUT2D eigenvalue weighted by atomic mass is 15.1. The van der Waals surface area contributed by atoms with E-state index < -0.39 is 0 Å². The van der Waals surface area contributed by atoms with E-state index in [1.165, 1.54) is 72.0 Å². The van der Waals surface area contributed by atoms with E-state index >= 15 is 0 Å². The Morgan fingerprint density at radius 2 is 1.09 bits per heavy atom. The lowest BCUT2D eigenvalue weighted by molar-refractivity contribution is 0.963. The van der Waals surface area contributed by atoms with Gasteiger partial charge in [0.1, 0.15) is 0 Å². The number of hydrogen-bond donors (Lipinski definition) is 0. The van der Waals surface area contributed by atoms with Crippen molar-refractivity contribution in [1.29, 1.82) is 0 Å². The first-order chi connectivity index (χ1) is 16.0. The Balaban J connectivity index is 1.70. The molecule has 0 fully saturated rings. The smallest absolute Gasteiger partial charge is 0.0500 e. The molecule has 0 saturated heterocycles. The van der Waals surface area contributed by atoms with E-state index in [4.69, 9.17) is 0 Å². The molecule has 0 saturated carbocycles. The molecule has 1 nitrogen and oxygen atoms in total. The van der Waals surface area contributed by atoms with Crippen LogP contribution in [0.25, 0.3) is 21.5 Å². The minimum atomic E-state index is 1.06. The molecular formula is C32H29N. The van der Waals surface area contributed by atoms with Crippen LogP contribution in [0, 0.1) is 27.7 Å². The summed E-state index contributed by atoms with van der Waals surface area (Å²) in [5.74, 6) is 0. The topological polar surface area (TPSA) is 3.24 Å². The molecule has 0 unspecified atom stereocenters. The van der Waals surface area contributed by atoms with Crippen LogP contribution < -0.4 is 4.90 Å². The first-order valence-electron chi connectivity index (χ1n) is 11.9. The van der Waals surface area contributed by atoms with Crippen molar-refractivity contribution in [2.24, 2.45) is 0 Å². The number of rotatable bonds is 3. The van der Waals surface area contributed by atoms with E-state index in [0.717, 1.165) is 12.8 Å². The van der Waals surface area contributed by atoms with Crippen LogP contribution in [0.15, 0.2) is 78.9 Å². The van der Waals surface area contributed by atoms with Gasteiger partial charge in [0.15, 0.2) is 0 Å². The molecule has 5 aromatic carbocycles. The van der Waals surface area contributed by atoms with Gasteiger partial charge in [0.25, 0.3) is 0 Å². The number of aryl methyl sites for hydroxylation is 6. The van der Waals surface area contributed by atoms with Crippen LogP contribution in [-0.4, -0.2) is 0 Å². The third kappa shape index (κ3) is 3.31. The van der Waals surface area contributed by atoms with Gasteiger partial charge in [0.2, 0.25) is 0 Å². The molecule has 6 rings (SSSR count). The Kier molecular flexibility index (Phi) is 4.55. The van der Waals surface area contributed by atoms with Crippen LogP contribution in [0.1, 0.15) is 33.4 Å². The zero-order valence-electron chi connectivity index (χ0n) is 19.9. The molecule has 5 aromatic rings. The molecule has 1 heteroatoms. The predicted molar refractivity (Wildman–Crippen MR) is 142 cm³/mol. The molecule has 0 N–H and O–H groups in total. The Bertz CT molecular complexity index is 1460. The zero-order valence-corrected chi connectivity index (χ0v) is 19.9. The quantitative estimate of drug-likeness (QED) is 0.260. The van der Waals surface area contributed by atoms with Crippen LogP contribution in [0.5, 0.6) is 0 Å². The van der Waals surface area contributed by atoms with E-state index in [1.807, 2.05) is 0 Å². The summed E-state index contributed by atoms with van der Waals surface area (Å²) in [6.45, 7) is 8.78. The molecule has 0 aliphatic heterocycles. The lowest BCUT2D eigenvalue weighted by Crippen LogP contribution is -2.15. The van der Waals surface area contributed by atoms with Gasteiger partial charge in [-0.05, 0) is 126 Å². The maximum absolute atomic E-state index is 2.49. The van der Waals surface area contributed by atoms with Crippen molar-refractivity contribution < 1.29 is 0 Å². The van der Waals surface area contributed by atoms with Crippen molar-refractivity contribution >= 4 is 38.6 Å². The summed E-state index contributed by atoms with van der Waals surface area (Å²) in [5, 5.41) is 5.57. The van der Waals surface area contributed by atoms with Gasteiger partial charge in [-0.1, -0.05) is 48.5 Å². The minimum absolute atomic E-state index is 1.06. The second-order valence-corrected chi connectivity index (χ2v) is 9.77. The second-order valence-electron chi connectivity index (χ2n) is 9.77. The van der Waals surface area contributed by atoms with Crippen LogP contribution in [0.2, 0.25) is 0 Å². The molecule has 0 aromatic heterocycles. The van der Waals surface area contributed by atoms with Crippen molar-refractivity contribution in [1.82, 2.24) is 0 Å². The monoisotopic (exact) mass is 427 g/mol. The number of nitrogens with zero attached hydrogens (tertiary/aromatic N) is 1. The standard InChI is InChI=1S/C32H29N/c1-20-14-21(2)17-27(16-20)33(28-18-22(3)15-23(4)19-28)30-13-11-26-9-8-24-6-5-7-25-10-12-29(30)32(26)31(24)25/h5-9,11,13-19H,10,12H2,1-4H3. The molecule has 0 amide bonds. The molecule has 0 radical (unpaired) electrons. The molecule has 0 bridgehead atoms. The maximum atomic E-state index is 2.49. The Hall–Kier alpha value is -3.58. The molecule has 162 valence electrons. The molecule has 33 heavy (non-hydrogen) atoms. The number of anilines is 3. The summed E-state index contributed by atoms with van der Waals surface area (Å²) in [6.07, 6.45) is 2.16. The van der Waals surface area contributed by atoms with E-state index in [1.54, 1.807) is 0 Å². The van der Waals surface area contributed by atoms with E-state index in [9.17, 15) is 0 Å². The normalized spacial score (nSPS) is 12.6. The first kappa shape index (κ1) is 20.1. The van der Waals surface area contributed by atoms with Crippen molar-refractivity contribution in [3.8, 4) is 0 Å². The SMILES string of the molecule is Cc1cc(C)cc(N(c2cc(C)cc(C)c2)c2ccc3ccc4cccc5c4c3c2CC5)c1. The molecule has 0 spiro atoms. The highest BCUT2D eigenvalue weighted by Gasteiger charge is 2.23. The highest BCUT2D eigenvalue weighted by Crippen LogP contribution is 2.45. The average Bonchev–Trinajstić information content (AvgIpc) is 2.77. The Morgan fingerprint density at radius 1 is 0.545 bits per heavy atom. The van der Waals surface area contributed by atoms with Gasteiger partial charge in [0, 0.05) is 17.1 Å². The van der Waals surface area contributed by atoms with Crippen molar-refractivity contribution in [2.75, 3.05) is 4.90 Å². The van der Waals surface area contributed by atoms with Gasteiger partial charge >= 0.3 is 0 Å². The Labute approximate surface area is 196 Å². The van der Waals surface area contributed by atoms with Crippen molar-refractivity contribution in [2.45, 2.75) is 40.5 Å². The fourth-order valence-electron chi connectivity index (χ4n) is 5.85. The second kappa shape index (κ2) is 7.49. The predicted octanol–water partition coefficient (Wildman–Crippen LogP) is 8.80. The van der Waals surface area contributed by atoms with Crippen LogP contribution in [0.3, 0.4) is 0 Å². The fraction of sp³-hybridized carbons (Fsp3) is 0.188. The van der Waals surface area contributed by atoms with E-state index in [-0.39, 0.29) is 0 Å². The van der Waals surface area contributed by atoms with Crippen LogP contribution in [-0.2, 0) is 12.8 Å². The summed E-state index contributed by atoms with van der Waals surface area (Å²) in [4.78, 5) is 2.49. The van der Waals surface area contributed by atoms with E-state index in [0.29, 0.717) is 0 Å². The number of hydrogen-bond acceptors (Lipinski definition) is 1. The lowest BCUT2D eigenvalue weighted by atomic mass is 9.85. The highest BCUT2D eigenvalue weighted by molar-refractivity contribution is 6.13. The fourth-order valence-corrected chi connectivity index (χ4v) is 5.85. The van der Waals surface area contributed by atoms with E-state index in [2.05, 4.69) is 111 Å². The molecule has 1 aliphatic carbocycles. The summed E-state index contributed by atoms with van der Waals surface area (Å²) >= 11 is 0. The zero-order chi connectivity index (χ0) is 22.7. The molecule has 0 atom stereocenters. The average molecular weight is 428 g/mol. The van der Waals surface area contributed by atoms with Gasteiger partial charge in [-0.3, -0.25) is 0 Å². The summed E-state index contributed by atoms with van der Waals surface area (Å²) in [5.41, 5.74) is 11.9. The minimum Gasteiger partial charge on any atom is -0.310 e. The molecule has 1 aliphatic rings.